The van der Waals surface area contributed by atoms with Crippen LogP contribution in [-0.2, 0) is 13.1 Å². The first kappa shape index (κ1) is 15.8. The van der Waals surface area contributed by atoms with Gasteiger partial charge in [-0.2, -0.15) is 0 Å². The SMILES string of the molecule is Cc1ccccc1/C=C/NC(=O)NCc1cccc(CN)c1. The molecule has 0 aliphatic carbocycles. The minimum absolute atomic E-state index is 0.233. The maximum Gasteiger partial charge on any atom is 0.319 e. The predicted octanol–water partition coefficient (Wildman–Crippen LogP) is 2.92. The highest BCUT2D eigenvalue weighted by Crippen LogP contribution is 2.08. The van der Waals surface area contributed by atoms with Gasteiger partial charge in [-0.1, -0.05) is 48.5 Å². The molecule has 0 aliphatic heterocycles. The van der Waals surface area contributed by atoms with E-state index in [9.17, 15) is 4.79 Å². The van der Waals surface area contributed by atoms with E-state index in [2.05, 4.69) is 10.6 Å². The zero-order valence-electron chi connectivity index (χ0n) is 12.7. The van der Waals surface area contributed by atoms with Crippen molar-refractivity contribution in [3.8, 4) is 0 Å². The maximum atomic E-state index is 11.7. The van der Waals surface area contributed by atoms with Gasteiger partial charge in [0, 0.05) is 19.3 Å². The van der Waals surface area contributed by atoms with Gasteiger partial charge >= 0.3 is 6.03 Å². The number of hydrogen-bond donors (Lipinski definition) is 3. The Hall–Kier alpha value is -2.59. The van der Waals surface area contributed by atoms with Crippen LogP contribution in [0, 0.1) is 6.92 Å². The van der Waals surface area contributed by atoms with E-state index in [4.69, 9.17) is 5.73 Å². The Balaban J connectivity index is 1.82. The van der Waals surface area contributed by atoms with Crippen molar-refractivity contribution in [2.24, 2.45) is 5.73 Å². The summed E-state index contributed by atoms with van der Waals surface area (Å²) >= 11 is 0. The summed E-state index contributed by atoms with van der Waals surface area (Å²) < 4.78 is 0. The molecule has 0 aliphatic rings. The van der Waals surface area contributed by atoms with E-state index in [1.54, 1.807) is 6.20 Å². The fourth-order valence-corrected chi connectivity index (χ4v) is 2.08. The van der Waals surface area contributed by atoms with Crippen LogP contribution in [0.2, 0.25) is 0 Å². The second-order valence-electron chi connectivity index (χ2n) is 5.04. The van der Waals surface area contributed by atoms with Crippen molar-refractivity contribution in [1.29, 1.82) is 0 Å². The molecule has 22 heavy (non-hydrogen) atoms. The Morgan fingerprint density at radius 2 is 1.91 bits per heavy atom. The molecule has 2 aromatic carbocycles. The average Bonchev–Trinajstić information content (AvgIpc) is 2.55. The molecule has 0 heterocycles. The van der Waals surface area contributed by atoms with E-state index in [0.717, 1.165) is 16.7 Å². The molecular weight excluding hydrogens is 274 g/mol. The Morgan fingerprint density at radius 3 is 2.68 bits per heavy atom. The summed E-state index contributed by atoms with van der Waals surface area (Å²) in [5, 5.41) is 5.51. The molecule has 2 rings (SSSR count). The highest BCUT2D eigenvalue weighted by Gasteiger charge is 1.99. The number of rotatable bonds is 5. The molecular formula is C18H21N3O. The highest BCUT2D eigenvalue weighted by atomic mass is 16.2. The summed E-state index contributed by atoms with van der Waals surface area (Å²) in [4.78, 5) is 11.7. The molecule has 0 saturated carbocycles. The molecule has 0 unspecified atom stereocenters. The molecule has 4 nitrogen and oxygen atoms in total. The van der Waals surface area contributed by atoms with Crippen molar-refractivity contribution in [2.45, 2.75) is 20.0 Å². The predicted molar refractivity (Wildman–Crippen MR) is 89.9 cm³/mol. The molecule has 0 fully saturated rings. The van der Waals surface area contributed by atoms with Gasteiger partial charge in [-0.05, 0) is 35.3 Å². The van der Waals surface area contributed by atoms with Gasteiger partial charge in [-0.25, -0.2) is 4.79 Å². The first-order valence-electron chi connectivity index (χ1n) is 7.23. The van der Waals surface area contributed by atoms with Crippen LogP contribution in [0.15, 0.2) is 54.7 Å². The Labute approximate surface area is 131 Å². The van der Waals surface area contributed by atoms with Crippen LogP contribution >= 0.6 is 0 Å². The van der Waals surface area contributed by atoms with E-state index in [0.29, 0.717) is 13.1 Å². The molecule has 2 aromatic rings. The molecule has 0 aromatic heterocycles. The number of amides is 2. The van der Waals surface area contributed by atoms with Crippen LogP contribution in [0.1, 0.15) is 22.3 Å². The number of nitrogens with two attached hydrogens (primary N) is 1. The zero-order chi connectivity index (χ0) is 15.8. The summed E-state index contributed by atoms with van der Waals surface area (Å²) in [5.74, 6) is 0. The topological polar surface area (TPSA) is 67.2 Å². The summed E-state index contributed by atoms with van der Waals surface area (Å²) in [5.41, 5.74) is 9.93. The number of benzene rings is 2. The third kappa shape index (κ3) is 4.75. The van der Waals surface area contributed by atoms with Gasteiger partial charge in [-0.15, -0.1) is 0 Å². The van der Waals surface area contributed by atoms with Crippen molar-refractivity contribution in [3.63, 3.8) is 0 Å². The van der Waals surface area contributed by atoms with Crippen molar-refractivity contribution in [3.05, 3.63) is 77.0 Å². The minimum atomic E-state index is -0.233. The zero-order valence-corrected chi connectivity index (χ0v) is 12.7. The van der Waals surface area contributed by atoms with Crippen LogP contribution in [0.4, 0.5) is 4.79 Å². The first-order valence-corrected chi connectivity index (χ1v) is 7.23. The maximum absolute atomic E-state index is 11.7. The van der Waals surface area contributed by atoms with Gasteiger partial charge < -0.3 is 16.4 Å². The third-order valence-electron chi connectivity index (χ3n) is 3.35. The molecule has 114 valence electrons. The summed E-state index contributed by atoms with van der Waals surface area (Å²) in [6.07, 6.45) is 3.53. The van der Waals surface area contributed by atoms with Crippen LogP contribution in [0.25, 0.3) is 6.08 Å². The molecule has 0 spiro atoms. The minimum Gasteiger partial charge on any atom is -0.334 e. The number of nitrogens with one attached hydrogen (secondary N) is 2. The summed E-state index contributed by atoms with van der Waals surface area (Å²) in [7, 11) is 0. The highest BCUT2D eigenvalue weighted by molar-refractivity contribution is 5.76. The summed E-state index contributed by atoms with van der Waals surface area (Å²) in [6, 6.07) is 15.6. The second-order valence-corrected chi connectivity index (χ2v) is 5.04. The lowest BCUT2D eigenvalue weighted by molar-refractivity contribution is 0.244. The van der Waals surface area contributed by atoms with Gasteiger partial charge in [0.2, 0.25) is 0 Å². The average molecular weight is 295 g/mol. The molecule has 0 radical (unpaired) electrons. The quantitative estimate of drug-likeness (QED) is 0.794. The van der Waals surface area contributed by atoms with Gasteiger partial charge in [0.25, 0.3) is 0 Å². The Morgan fingerprint density at radius 1 is 1.14 bits per heavy atom. The fraction of sp³-hybridized carbons (Fsp3) is 0.167. The van der Waals surface area contributed by atoms with Crippen LogP contribution < -0.4 is 16.4 Å². The van der Waals surface area contributed by atoms with E-state index >= 15 is 0 Å². The number of hydrogen-bond acceptors (Lipinski definition) is 2. The van der Waals surface area contributed by atoms with Gasteiger partial charge in [-0.3, -0.25) is 0 Å². The number of urea groups is 1. The molecule has 0 bridgehead atoms. The monoisotopic (exact) mass is 295 g/mol. The number of aryl methyl sites for hydroxylation is 1. The van der Waals surface area contributed by atoms with E-state index in [1.165, 1.54) is 5.56 Å². The lowest BCUT2D eigenvalue weighted by Gasteiger charge is -2.06. The Kier molecular flexibility index (Phi) is 5.74. The number of carbonyl (C=O) groups is 1. The molecule has 2 amide bonds. The lowest BCUT2D eigenvalue weighted by Crippen LogP contribution is -2.31. The summed E-state index contributed by atoms with van der Waals surface area (Å²) in [6.45, 7) is 3.00. The van der Waals surface area contributed by atoms with Gasteiger partial charge in [0.1, 0.15) is 0 Å². The first-order chi connectivity index (χ1) is 10.7. The van der Waals surface area contributed by atoms with Gasteiger partial charge in [0.15, 0.2) is 0 Å². The van der Waals surface area contributed by atoms with Crippen molar-refractivity contribution in [1.82, 2.24) is 10.6 Å². The Bertz CT molecular complexity index is 665. The van der Waals surface area contributed by atoms with E-state index < -0.39 is 0 Å². The van der Waals surface area contributed by atoms with Crippen LogP contribution in [0.5, 0.6) is 0 Å². The third-order valence-corrected chi connectivity index (χ3v) is 3.35. The van der Waals surface area contributed by atoms with E-state index in [-0.39, 0.29) is 6.03 Å². The molecule has 4 N–H and O–H groups in total. The van der Waals surface area contributed by atoms with Gasteiger partial charge in [0.05, 0.1) is 0 Å². The van der Waals surface area contributed by atoms with Crippen LogP contribution in [-0.4, -0.2) is 6.03 Å². The normalized spacial score (nSPS) is 10.6. The largest absolute Gasteiger partial charge is 0.334 e. The standard InChI is InChI=1S/C18H21N3O/c1-14-5-2-3-8-17(14)9-10-20-18(22)21-13-16-7-4-6-15(11-16)12-19/h2-11H,12-13,19H2,1H3,(H2,20,21,22)/b10-9+. The smallest absolute Gasteiger partial charge is 0.319 e. The molecule has 4 heteroatoms. The van der Waals surface area contributed by atoms with Crippen molar-refractivity contribution >= 4 is 12.1 Å². The van der Waals surface area contributed by atoms with Crippen molar-refractivity contribution in [2.75, 3.05) is 0 Å². The van der Waals surface area contributed by atoms with E-state index in [1.807, 2.05) is 61.5 Å². The van der Waals surface area contributed by atoms with Crippen LogP contribution in [0.3, 0.4) is 0 Å². The molecule has 0 saturated heterocycles. The second kappa shape index (κ2) is 8.00. The number of carbonyl (C=O) groups excluding carboxylic acids is 1. The fourth-order valence-electron chi connectivity index (χ4n) is 2.08. The van der Waals surface area contributed by atoms with Crippen molar-refractivity contribution < 1.29 is 4.79 Å². The molecule has 0 atom stereocenters. The lowest BCUT2D eigenvalue weighted by atomic mass is 10.1.